The zero-order valence-electron chi connectivity index (χ0n) is 52.5. The van der Waals surface area contributed by atoms with Gasteiger partial charge in [-0.3, -0.25) is 38.8 Å². The number of hydrogen-bond acceptors (Lipinski definition) is 15. The Kier molecular flexibility index (Phi) is 21.6. The van der Waals surface area contributed by atoms with E-state index in [1.807, 2.05) is 0 Å². The van der Waals surface area contributed by atoms with Gasteiger partial charge < -0.3 is 78.3 Å². The van der Waals surface area contributed by atoms with Crippen LogP contribution < -0.4 is 54.3 Å². The van der Waals surface area contributed by atoms with E-state index < -0.39 is 101 Å². The van der Waals surface area contributed by atoms with E-state index in [0.717, 1.165) is 0 Å². The summed E-state index contributed by atoms with van der Waals surface area (Å²) >= 11 is 0. The molecule has 7 amide bonds. The fourth-order valence-corrected chi connectivity index (χ4v) is 11.5. The van der Waals surface area contributed by atoms with Crippen molar-refractivity contribution in [3.05, 3.63) is 82.9 Å². The SMILES string of the molecule is CC(C)[C@H](NC(=O)OC(C)(C)C)C(=O)N1CCC[C@H]1C(=O)C[C@H](CCCN=C(N)N)C(=O)Nc1ccc2c(c1)Oc1cc(NC(=O)[C@H](CCCN=C(N)N)NC(=O)[C@@H]3CCCN3C(=O)[C@@H](NC(=O)OC(C)(C)C)C(C)C)ccc1C21OC(=O)c2ccccc21. The normalized spacial score (nSPS) is 18.8. The van der Waals surface area contributed by atoms with Gasteiger partial charge in [-0.15, -0.1) is 0 Å². The van der Waals surface area contributed by atoms with Crippen molar-refractivity contribution in [3.8, 4) is 11.5 Å². The van der Waals surface area contributed by atoms with Gasteiger partial charge in [-0.25, -0.2) is 14.4 Å². The molecule has 26 heteroatoms. The number of nitrogens with one attached hydrogen (secondary N) is 5. The van der Waals surface area contributed by atoms with Crippen molar-refractivity contribution >= 4 is 76.8 Å². The Labute approximate surface area is 518 Å². The number of likely N-dealkylation sites (tertiary alicyclic amines) is 2. The van der Waals surface area contributed by atoms with Crippen LogP contribution in [0.1, 0.15) is 154 Å². The van der Waals surface area contributed by atoms with E-state index >= 15 is 0 Å². The summed E-state index contributed by atoms with van der Waals surface area (Å²) < 4.78 is 23.9. The molecule has 13 N–H and O–H groups in total. The van der Waals surface area contributed by atoms with Crippen LogP contribution >= 0.6 is 0 Å². The number of amides is 7. The predicted octanol–water partition coefficient (Wildman–Crippen LogP) is 5.38. The topological polar surface area (TPSA) is 386 Å². The van der Waals surface area contributed by atoms with Gasteiger partial charge in [-0.1, -0.05) is 45.9 Å². The summed E-state index contributed by atoms with van der Waals surface area (Å²) in [6, 6.07) is 11.6. The van der Waals surface area contributed by atoms with Crippen LogP contribution in [-0.2, 0) is 48.6 Å². The number of carbonyl (C=O) groups excluding carboxylic acids is 9. The fraction of sp³-hybridized carbons (Fsp3) is 0.540. The average Bonchev–Trinajstić information content (AvgIpc) is 1.65. The minimum Gasteiger partial charge on any atom is -0.456 e. The van der Waals surface area contributed by atoms with Gasteiger partial charge in [0.05, 0.1) is 11.6 Å². The lowest BCUT2D eigenvalue weighted by atomic mass is 9.77. The molecule has 4 aliphatic heterocycles. The van der Waals surface area contributed by atoms with Crippen LogP contribution in [-0.4, -0.2) is 143 Å². The van der Waals surface area contributed by atoms with Crippen molar-refractivity contribution in [1.29, 1.82) is 0 Å². The van der Waals surface area contributed by atoms with Crippen molar-refractivity contribution in [1.82, 2.24) is 25.8 Å². The van der Waals surface area contributed by atoms with Crippen LogP contribution in [0, 0.1) is 17.8 Å². The summed E-state index contributed by atoms with van der Waals surface area (Å²) in [7, 11) is 0. The number of rotatable bonds is 23. The first kappa shape index (κ1) is 67.5. The lowest BCUT2D eigenvalue weighted by molar-refractivity contribution is -0.141. The minimum atomic E-state index is -1.58. The van der Waals surface area contributed by atoms with Gasteiger partial charge in [-0.05, 0) is 135 Å². The molecule has 4 heterocycles. The van der Waals surface area contributed by atoms with Gasteiger partial charge in [0.1, 0.15) is 46.9 Å². The third kappa shape index (κ3) is 16.8. The summed E-state index contributed by atoms with van der Waals surface area (Å²) in [6.45, 7) is 18.2. The number of guanidine groups is 2. The Hall–Kier alpha value is -8.97. The molecule has 3 aromatic rings. The Morgan fingerprint density at radius 1 is 0.640 bits per heavy atom. The summed E-state index contributed by atoms with van der Waals surface area (Å²) in [4.78, 5) is 137. The predicted molar refractivity (Wildman–Crippen MR) is 332 cm³/mol. The summed E-state index contributed by atoms with van der Waals surface area (Å²) in [5.41, 5.74) is 21.3. The van der Waals surface area contributed by atoms with Crippen molar-refractivity contribution in [2.24, 2.45) is 50.7 Å². The molecule has 7 rings (SSSR count). The highest BCUT2D eigenvalue weighted by Crippen LogP contribution is 2.57. The molecule has 1 unspecified atom stereocenters. The number of aliphatic imine (C=N–C) groups is 2. The van der Waals surface area contributed by atoms with E-state index in [0.29, 0.717) is 54.4 Å². The number of esters is 1. The van der Waals surface area contributed by atoms with E-state index in [2.05, 4.69) is 36.6 Å². The summed E-state index contributed by atoms with van der Waals surface area (Å²) in [6.07, 6.45) is 0.703. The second kappa shape index (κ2) is 28.5. The maximum absolute atomic E-state index is 14.6. The van der Waals surface area contributed by atoms with Crippen molar-refractivity contribution in [3.63, 3.8) is 0 Å². The van der Waals surface area contributed by atoms with E-state index in [1.165, 1.54) is 9.80 Å². The fourth-order valence-electron chi connectivity index (χ4n) is 11.5. The first-order valence-corrected chi connectivity index (χ1v) is 30.3. The number of anilines is 2. The zero-order chi connectivity index (χ0) is 65.3. The summed E-state index contributed by atoms with van der Waals surface area (Å²) in [5, 5.41) is 14.1. The second-order valence-corrected chi connectivity index (χ2v) is 25.6. The molecule has 0 aliphatic carbocycles. The van der Waals surface area contributed by atoms with Gasteiger partial charge in [0.25, 0.3) is 0 Å². The van der Waals surface area contributed by atoms with Crippen LogP contribution in [0.5, 0.6) is 11.5 Å². The molecule has 26 nitrogen and oxygen atoms in total. The van der Waals surface area contributed by atoms with Crippen molar-refractivity contribution in [2.75, 3.05) is 36.8 Å². The maximum Gasteiger partial charge on any atom is 0.408 e. The molecule has 1 spiro atoms. The first-order valence-electron chi connectivity index (χ1n) is 30.3. The third-order valence-corrected chi connectivity index (χ3v) is 15.6. The molecule has 0 aromatic heterocycles. The van der Waals surface area contributed by atoms with Crippen molar-refractivity contribution in [2.45, 2.75) is 174 Å². The number of nitrogens with zero attached hydrogens (tertiary/aromatic N) is 4. The molecule has 482 valence electrons. The highest BCUT2D eigenvalue weighted by Gasteiger charge is 2.54. The molecule has 4 aliphatic rings. The number of ketones is 1. The van der Waals surface area contributed by atoms with Crippen LogP contribution in [0.2, 0.25) is 0 Å². The molecule has 0 bridgehead atoms. The second-order valence-electron chi connectivity index (χ2n) is 25.6. The Balaban J connectivity index is 1.14. The van der Waals surface area contributed by atoms with Crippen LogP contribution in [0.25, 0.3) is 0 Å². The van der Waals surface area contributed by atoms with Crippen LogP contribution in [0.4, 0.5) is 21.0 Å². The monoisotopic (exact) mass is 1230 g/mol. The Morgan fingerprint density at radius 3 is 1.63 bits per heavy atom. The van der Waals surface area contributed by atoms with Gasteiger partial charge in [-0.2, -0.15) is 0 Å². The molecular weight excluding hydrogens is 1150 g/mol. The third-order valence-electron chi connectivity index (χ3n) is 15.6. The lowest BCUT2D eigenvalue weighted by Crippen LogP contribution is -2.57. The molecular formula is C63H87N13O13. The zero-order valence-corrected chi connectivity index (χ0v) is 52.5. The van der Waals surface area contributed by atoms with Gasteiger partial charge in [0.15, 0.2) is 23.3 Å². The van der Waals surface area contributed by atoms with E-state index in [-0.39, 0.29) is 104 Å². The number of carbonyl (C=O) groups is 9. The number of Topliss-reactive ketones (excluding diaryl/α,β-unsaturated/α-hetero) is 1. The number of alkyl carbamates (subject to hydrolysis) is 2. The first-order chi connectivity index (χ1) is 41.9. The van der Waals surface area contributed by atoms with E-state index in [9.17, 15) is 43.2 Å². The van der Waals surface area contributed by atoms with Crippen molar-refractivity contribution < 1.29 is 62.1 Å². The average molecular weight is 1230 g/mol. The van der Waals surface area contributed by atoms with Gasteiger partial charge >= 0.3 is 18.2 Å². The van der Waals surface area contributed by atoms with Crippen LogP contribution in [0.3, 0.4) is 0 Å². The minimum absolute atomic E-state index is 0.0702. The number of hydrogen-bond donors (Lipinski definition) is 9. The molecule has 2 saturated heterocycles. The number of nitrogens with two attached hydrogens (primary N) is 4. The number of ether oxygens (including phenoxy) is 4. The van der Waals surface area contributed by atoms with E-state index in [4.69, 9.17) is 41.9 Å². The Morgan fingerprint density at radius 2 is 1.12 bits per heavy atom. The highest BCUT2D eigenvalue weighted by atomic mass is 16.6. The quantitative estimate of drug-likeness (QED) is 0.0189. The smallest absolute Gasteiger partial charge is 0.408 e. The lowest BCUT2D eigenvalue weighted by Gasteiger charge is -2.37. The molecule has 0 radical (unpaired) electrons. The van der Waals surface area contributed by atoms with Gasteiger partial charge in [0, 0.05) is 78.7 Å². The molecule has 7 atom stereocenters. The highest BCUT2D eigenvalue weighted by molar-refractivity contribution is 6.01. The molecule has 89 heavy (non-hydrogen) atoms. The van der Waals surface area contributed by atoms with E-state index in [1.54, 1.807) is 130 Å². The summed E-state index contributed by atoms with van der Waals surface area (Å²) in [5.74, 6) is -5.21. The maximum atomic E-state index is 14.6. The number of fused-ring (bicyclic) bond motifs is 6. The van der Waals surface area contributed by atoms with Crippen LogP contribution in [0.15, 0.2) is 70.6 Å². The van der Waals surface area contributed by atoms with Gasteiger partial charge in [0.2, 0.25) is 29.5 Å². The molecule has 0 saturated carbocycles. The largest absolute Gasteiger partial charge is 0.456 e. The number of benzene rings is 3. The molecule has 2 fully saturated rings. The Bertz CT molecular complexity index is 3060. The standard InChI is InChI=1S/C63H87N13O13/c1-34(2)49(73-59(84)88-61(5,6)7)54(81)75-29-15-21-44(75)46(77)31-36(17-13-27-68-57(64)65)51(78)70-37-23-25-41-47(32-37)86-48-33-38(24-26-42(48)63(41)40-19-12-11-18-39(40)56(83)87-63)71-52(79)43(20-14-28-69-58(66)67)72-53(80)45-22-16-30-76(45)55(82)50(35(3)4)74-60(85)89-62(8,9)10/h11-12,18-19,23-26,32-36,43-45,49-50H,13-17,20-22,27-31H2,1-10H3,(H,70,78)(H,71,79)(H,72,80)(H,73,84)(H,74,85)(H4,64,65,68)(H4,66,67,69)/t36-,43-,44-,45-,49-,50-,63?/m0/s1. The molecule has 3 aromatic carbocycles.